The summed E-state index contributed by atoms with van der Waals surface area (Å²) in [6.07, 6.45) is 2.15. The van der Waals surface area contributed by atoms with Crippen molar-refractivity contribution in [3.63, 3.8) is 0 Å². The Kier molecular flexibility index (Phi) is 3.85. The third-order valence-electron chi connectivity index (χ3n) is 3.66. The summed E-state index contributed by atoms with van der Waals surface area (Å²) in [7, 11) is 0. The molecule has 1 aliphatic rings. The Morgan fingerprint density at radius 2 is 2.32 bits per heavy atom. The van der Waals surface area contributed by atoms with Gasteiger partial charge in [0.05, 0.1) is 6.61 Å². The van der Waals surface area contributed by atoms with Gasteiger partial charge in [0.25, 0.3) is 0 Å². The smallest absolute Gasteiger partial charge is 0.122 e. The largest absolute Gasteiger partial charge is 0.493 e. The number of benzene rings is 1. The minimum absolute atomic E-state index is 0.393. The van der Waals surface area contributed by atoms with E-state index in [4.69, 9.17) is 4.74 Å². The van der Waals surface area contributed by atoms with E-state index >= 15 is 0 Å². The van der Waals surface area contributed by atoms with Gasteiger partial charge < -0.3 is 10.1 Å². The molecule has 1 aromatic carbocycles. The van der Waals surface area contributed by atoms with Crippen LogP contribution in [0.3, 0.4) is 0 Å². The maximum Gasteiger partial charge on any atom is 0.122 e. The van der Waals surface area contributed by atoms with Crippen molar-refractivity contribution >= 4 is 11.3 Å². The number of hydrogen-bond acceptors (Lipinski definition) is 3. The molecule has 19 heavy (non-hydrogen) atoms. The van der Waals surface area contributed by atoms with Crippen LogP contribution in [0.15, 0.2) is 35.0 Å². The molecule has 1 aromatic heterocycles. The van der Waals surface area contributed by atoms with Gasteiger partial charge in [-0.15, -0.1) is 0 Å². The lowest BCUT2D eigenvalue weighted by Gasteiger charge is -2.15. The Hall–Kier alpha value is -1.32. The predicted molar refractivity (Wildman–Crippen MR) is 80.1 cm³/mol. The number of thiophene rings is 1. The minimum Gasteiger partial charge on any atom is -0.493 e. The van der Waals surface area contributed by atoms with Crippen molar-refractivity contribution in [2.24, 2.45) is 0 Å². The van der Waals surface area contributed by atoms with Crippen LogP contribution in [0.1, 0.15) is 29.7 Å². The molecule has 1 aliphatic heterocycles. The number of rotatable bonds is 5. The van der Waals surface area contributed by atoms with Gasteiger partial charge in [-0.2, -0.15) is 11.3 Å². The van der Waals surface area contributed by atoms with Crippen molar-refractivity contribution in [1.82, 2.24) is 5.32 Å². The van der Waals surface area contributed by atoms with E-state index in [1.807, 2.05) is 0 Å². The normalized spacial score (nSPS) is 15.0. The quantitative estimate of drug-likeness (QED) is 0.899. The Labute approximate surface area is 118 Å². The van der Waals surface area contributed by atoms with Crippen LogP contribution in [0, 0.1) is 0 Å². The Morgan fingerprint density at radius 3 is 3.16 bits per heavy atom. The maximum atomic E-state index is 5.54. The summed E-state index contributed by atoms with van der Waals surface area (Å²) in [4.78, 5) is 0. The number of ether oxygens (including phenoxy) is 1. The van der Waals surface area contributed by atoms with E-state index in [0.717, 1.165) is 31.7 Å². The van der Waals surface area contributed by atoms with Crippen molar-refractivity contribution in [3.8, 4) is 5.75 Å². The molecule has 0 aliphatic carbocycles. The van der Waals surface area contributed by atoms with E-state index in [9.17, 15) is 0 Å². The summed E-state index contributed by atoms with van der Waals surface area (Å²) in [5.74, 6) is 1.06. The molecular formula is C16H19NOS. The zero-order valence-electron chi connectivity index (χ0n) is 11.2. The molecule has 0 fully saturated rings. The van der Waals surface area contributed by atoms with Gasteiger partial charge >= 0.3 is 0 Å². The lowest BCUT2D eigenvalue weighted by atomic mass is 10.0. The molecule has 0 saturated carbocycles. The van der Waals surface area contributed by atoms with Crippen LogP contribution in [0.25, 0.3) is 0 Å². The fraction of sp³-hybridized carbons (Fsp3) is 0.375. The third-order valence-corrected chi connectivity index (χ3v) is 4.39. The first-order valence-electron chi connectivity index (χ1n) is 6.83. The molecule has 0 saturated heterocycles. The van der Waals surface area contributed by atoms with E-state index in [1.165, 1.54) is 16.7 Å². The zero-order chi connectivity index (χ0) is 13.1. The average Bonchev–Trinajstić information content (AvgIpc) is 3.08. The van der Waals surface area contributed by atoms with Crippen LogP contribution < -0.4 is 10.1 Å². The monoisotopic (exact) mass is 273 g/mol. The van der Waals surface area contributed by atoms with Gasteiger partial charge in [-0.25, -0.2) is 0 Å². The summed E-state index contributed by atoms with van der Waals surface area (Å²) < 4.78 is 5.54. The highest BCUT2D eigenvalue weighted by molar-refractivity contribution is 7.07. The van der Waals surface area contributed by atoms with E-state index in [-0.39, 0.29) is 0 Å². The van der Waals surface area contributed by atoms with Crippen LogP contribution in [0.2, 0.25) is 0 Å². The number of nitrogens with one attached hydrogen (secondary N) is 1. The van der Waals surface area contributed by atoms with Crippen LogP contribution in [-0.2, 0) is 12.8 Å². The molecule has 2 aromatic rings. The highest BCUT2D eigenvalue weighted by Gasteiger charge is 2.14. The van der Waals surface area contributed by atoms with E-state index in [2.05, 4.69) is 47.3 Å². The molecule has 0 amide bonds. The van der Waals surface area contributed by atoms with Gasteiger partial charge in [0.2, 0.25) is 0 Å². The summed E-state index contributed by atoms with van der Waals surface area (Å²) in [5.41, 5.74) is 4.13. The second kappa shape index (κ2) is 5.76. The van der Waals surface area contributed by atoms with Crippen molar-refractivity contribution in [3.05, 3.63) is 51.7 Å². The summed E-state index contributed by atoms with van der Waals surface area (Å²) in [6.45, 7) is 4.08. The van der Waals surface area contributed by atoms with Gasteiger partial charge in [-0.3, -0.25) is 0 Å². The minimum atomic E-state index is 0.393. The zero-order valence-corrected chi connectivity index (χ0v) is 12.0. The first kappa shape index (κ1) is 12.7. The molecule has 2 heterocycles. The van der Waals surface area contributed by atoms with E-state index in [1.54, 1.807) is 11.3 Å². The third kappa shape index (κ3) is 2.99. The van der Waals surface area contributed by atoms with Gasteiger partial charge in [0.15, 0.2) is 0 Å². The van der Waals surface area contributed by atoms with Crippen LogP contribution >= 0.6 is 11.3 Å². The average molecular weight is 273 g/mol. The first-order chi connectivity index (χ1) is 9.33. The molecule has 1 N–H and O–H groups in total. The summed E-state index contributed by atoms with van der Waals surface area (Å²) in [6, 6.07) is 9.15. The molecule has 0 spiro atoms. The topological polar surface area (TPSA) is 21.3 Å². The van der Waals surface area contributed by atoms with Crippen LogP contribution in [0.5, 0.6) is 5.75 Å². The Bertz CT molecular complexity index is 536. The van der Waals surface area contributed by atoms with E-state index < -0.39 is 0 Å². The van der Waals surface area contributed by atoms with Crippen molar-refractivity contribution in [1.29, 1.82) is 0 Å². The lowest BCUT2D eigenvalue weighted by molar-refractivity contribution is 0.356. The number of hydrogen-bond donors (Lipinski definition) is 1. The predicted octanol–water partition coefficient (Wildman–Crippen LogP) is 3.58. The fourth-order valence-electron chi connectivity index (χ4n) is 2.46. The molecule has 3 rings (SSSR count). The van der Waals surface area contributed by atoms with Crippen molar-refractivity contribution < 1.29 is 4.74 Å². The Morgan fingerprint density at radius 1 is 1.37 bits per heavy atom. The second-order valence-electron chi connectivity index (χ2n) is 5.02. The van der Waals surface area contributed by atoms with E-state index in [0.29, 0.717) is 6.04 Å². The molecule has 100 valence electrons. The van der Waals surface area contributed by atoms with Gasteiger partial charge in [0.1, 0.15) is 5.75 Å². The first-order valence-corrected chi connectivity index (χ1v) is 7.77. The van der Waals surface area contributed by atoms with Gasteiger partial charge in [-0.05, 0) is 59.5 Å². The molecule has 1 atom stereocenters. The molecule has 0 bridgehead atoms. The Balaban J connectivity index is 1.56. The molecule has 3 heteroatoms. The standard InChI is InChI=1S/C16H19NOS/c1-12(17-7-4-13-6-9-19-11-13)14-2-3-16-15(10-14)5-8-18-16/h2-3,6,9-12,17H,4-5,7-8H2,1H3. The highest BCUT2D eigenvalue weighted by Crippen LogP contribution is 2.28. The maximum absolute atomic E-state index is 5.54. The van der Waals surface area contributed by atoms with Gasteiger partial charge in [-0.1, -0.05) is 12.1 Å². The molecule has 0 radical (unpaired) electrons. The SMILES string of the molecule is CC(NCCc1ccsc1)c1ccc2c(c1)CCO2. The fourth-order valence-corrected chi connectivity index (χ4v) is 3.16. The summed E-state index contributed by atoms with van der Waals surface area (Å²) >= 11 is 1.77. The molecule has 1 unspecified atom stereocenters. The van der Waals surface area contributed by atoms with Gasteiger partial charge in [0, 0.05) is 12.5 Å². The van der Waals surface area contributed by atoms with Crippen molar-refractivity contribution in [2.75, 3.05) is 13.2 Å². The van der Waals surface area contributed by atoms with Crippen LogP contribution in [-0.4, -0.2) is 13.2 Å². The number of fused-ring (bicyclic) bond motifs is 1. The summed E-state index contributed by atoms with van der Waals surface area (Å²) in [5, 5.41) is 7.95. The molecular weight excluding hydrogens is 254 g/mol. The lowest BCUT2D eigenvalue weighted by Crippen LogP contribution is -2.21. The van der Waals surface area contributed by atoms with Crippen LogP contribution in [0.4, 0.5) is 0 Å². The second-order valence-corrected chi connectivity index (χ2v) is 5.80. The molecule has 2 nitrogen and oxygen atoms in total. The highest BCUT2D eigenvalue weighted by atomic mass is 32.1. The van der Waals surface area contributed by atoms with Crippen molar-refractivity contribution in [2.45, 2.75) is 25.8 Å².